The molecular weight excluding hydrogens is 537 g/mol. The van der Waals surface area contributed by atoms with Crippen molar-refractivity contribution in [2.75, 3.05) is 12.0 Å². The molecule has 40 heavy (non-hydrogen) atoms. The summed E-state index contributed by atoms with van der Waals surface area (Å²) in [6, 6.07) is 2.24. The summed E-state index contributed by atoms with van der Waals surface area (Å²) in [6.07, 6.45) is 9.60. The molecule has 0 unspecified atom stereocenters. The minimum absolute atomic E-state index is 0.0157. The highest BCUT2D eigenvalue weighted by Gasteiger charge is 2.38. The minimum Gasteiger partial charge on any atom is -0.465 e. The largest absolute Gasteiger partial charge is 0.465 e. The molecule has 0 radical (unpaired) electrons. The van der Waals surface area contributed by atoms with Crippen molar-refractivity contribution in [2.45, 2.75) is 111 Å². The van der Waals surface area contributed by atoms with Gasteiger partial charge >= 0.3 is 5.97 Å². The highest BCUT2D eigenvalue weighted by Crippen LogP contribution is 2.40. The molecule has 2 aromatic rings. The molecule has 0 aromatic carbocycles. The van der Waals surface area contributed by atoms with Crippen molar-refractivity contribution in [3.63, 3.8) is 0 Å². The number of ether oxygens (including phenoxy) is 1. The van der Waals surface area contributed by atoms with E-state index < -0.39 is 14.0 Å². The Labute approximate surface area is 245 Å². The first-order chi connectivity index (χ1) is 18.8. The van der Waals surface area contributed by atoms with Gasteiger partial charge in [0.15, 0.2) is 0 Å². The molecule has 0 spiro atoms. The lowest BCUT2D eigenvalue weighted by Gasteiger charge is -2.39. The van der Waals surface area contributed by atoms with Crippen LogP contribution < -0.4 is 10.2 Å². The molecule has 0 bridgehead atoms. The van der Waals surface area contributed by atoms with Gasteiger partial charge in [0, 0.05) is 23.6 Å². The maximum atomic E-state index is 14.3. The van der Waals surface area contributed by atoms with Crippen LogP contribution in [0.25, 0.3) is 0 Å². The van der Waals surface area contributed by atoms with Gasteiger partial charge in [0.25, 0.3) is 0 Å². The molecule has 4 rings (SSSR count). The number of rotatable bonds is 6. The average molecular weight is 583 g/mol. The second-order valence-electron chi connectivity index (χ2n) is 13.8. The monoisotopic (exact) mass is 582 g/mol. The van der Waals surface area contributed by atoms with Gasteiger partial charge in [-0.25, -0.2) is 9.48 Å². The Morgan fingerprint density at radius 2 is 1.73 bits per heavy atom. The van der Waals surface area contributed by atoms with Crippen LogP contribution in [0.1, 0.15) is 99.7 Å². The summed E-state index contributed by atoms with van der Waals surface area (Å²) in [5.74, 6) is 6.92. The third-order valence-corrected chi connectivity index (χ3v) is 11.0. The Morgan fingerprint density at radius 3 is 2.27 bits per heavy atom. The van der Waals surface area contributed by atoms with E-state index in [2.05, 4.69) is 75.7 Å². The number of thiophene rings is 1. The summed E-state index contributed by atoms with van der Waals surface area (Å²) < 4.78 is 7.23. The summed E-state index contributed by atoms with van der Waals surface area (Å²) in [6.45, 7) is 15.3. The number of hydrogen-bond donors (Lipinski definition) is 0. The van der Waals surface area contributed by atoms with Crippen LogP contribution in [-0.4, -0.2) is 48.1 Å². The second kappa shape index (κ2) is 12.2. The molecule has 9 heteroatoms. The van der Waals surface area contributed by atoms with E-state index >= 15 is 0 Å². The summed E-state index contributed by atoms with van der Waals surface area (Å²) in [5, 5.41) is 10.1. The Kier molecular flexibility index (Phi) is 9.30. The molecule has 0 atom stereocenters. The topological polar surface area (TPSA) is 77.3 Å². The van der Waals surface area contributed by atoms with Crippen molar-refractivity contribution in [1.29, 1.82) is 0 Å². The molecule has 0 saturated heterocycles. The summed E-state index contributed by atoms with van der Waals surface area (Å²) in [4.78, 5) is 30.5. The van der Waals surface area contributed by atoms with Crippen molar-refractivity contribution in [3.05, 3.63) is 22.0 Å². The molecule has 7 nitrogen and oxygen atoms in total. The van der Waals surface area contributed by atoms with Crippen molar-refractivity contribution < 1.29 is 14.3 Å². The molecule has 2 saturated carbocycles. The highest BCUT2D eigenvalue weighted by molar-refractivity contribution is 7.15. The molecule has 218 valence electrons. The predicted molar refractivity (Wildman–Crippen MR) is 165 cm³/mol. The van der Waals surface area contributed by atoms with Crippen molar-refractivity contribution >= 4 is 42.3 Å². The number of anilines is 1. The molecule has 2 aromatic heterocycles. The molecule has 2 aliphatic carbocycles. The van der Waals surface area contributed by atoms with Gasteiger partial charge in [-0.2, -0.15) is 0 Å². The van der Waals surface area contributed by atoms with Crippen molar-refractivity contribution in [3.8, 4) is 11.8 Å². The SMILES string of the molecule is COC(=O)c1sc(C#CC(C)(C)C)cc1N(C(=O)C1CCC(C)CC1)C1CCC(n2cc([Si](C)(C)C)nn2)CC1. The van der Waals surface area contributed by atoms with Gasteiger partial charge in [-0.05, 0) is 84.1 Å². The van der Waals surface area contributed by atoms with E-state index in [1.807, 2.05) is 15.6 Å². The van der Waals surface area contributed by atoms with Crippen LogP contribution in [0.3, 0.4) is 0 Å². The smallest absolute Gasteiger partial charge is 0.350 e. The summed E-state index contributed by atoms with van der Waals surface area (Å²) >= 11 is 1.33. The maximum absolute atomic E-state index is 14.3. The lowest BCUT2D eigenvalue weighted by atomic mass is 9.81. The van der Waals surface area contributed by atoms with Crippen LogP contribution in [0.15, 0.2) is 12.3 Å². The van der Waals surface area contributed by atoms with E-state index in [0.29, 0.717) is 16.5 Å². The number of aromatic nitrogens is 3. The normalized spacial score (nSPS) is 23.7. The van der Waals surface area contributed by atoms with E-state index in [4.69, 9.17) is 4.74 Å². The molecule has 2 heterocycles. The average Bonchev–Trinajstić information content (AvgIpc) is 3.56. The summed E-state index contributed by atoms with van der Waals surface area (Å²) in [5.41, 5.74) is 0.503. The maximum Gasteiger partial charge on any atom is 0.350 e. The number of carbonyl (C=O) groups is 2. The molecule has 0 N–H and O–H groups in total. The summed E-state index contributed by atoms with van der Waals surface area (Å²) in [7, 11) is -0.127. The van der Waals surface area contributed by atoms with Gasteiger partial charge in [-0.15, -0.1) is 16.4 Å². The van der Waals surface area contributed by atoms with Crippen molar-refractivity contribution in [1.82, 2.24) is 15.0 Å². The van der Waals surface area contributed by atoms with E-state index in [-0.39, 0.29) is 29.3 Å². The van der Waals surface area contributed by atoms with Crippen LogP contribution >= 0.6 is 11.3 Å². The van der Waals surface area contributed by atoms with Gasteiger partial charge in [-0.1, -0.05) is 43.6 Å². The fourth-order valence-electron chi connectivity index (χ4n) is 5.69. The first kappa shape index (κ1) is 30.5. The lowest BCUT2D eigenvalue weighted by Crippen LogP contribution is -2.46. The van der Waals surface area contributed by atoms with Crippen LogP contribution in [0, 0.1) is 29.1 Å². The van der Waals surface area contributed by atoms with E-state index in [1.165, 1.54) is 18.4 Å². The van der Waals surface area contributed by atoms with Crippen molar-refractivity contribution in [2.24, 2.45) is 17.3 Å². The third-order valence-electron chi connectivity index (χ3n) is 8.19. The number of nitrogens with zero attached hydrogens (tertiary/aromatic N) is 4. The zero-order valence-electron chi connectivity index (χ0n) is 25.5. The van der Waals surface area contributed by atoms with Crippen LogP contribution in [0.4, 0.5) is 5.69 Å². The zero-order valence-corrected chi connectivity index (χ0v) is 27.4. The first-order valence-corrected chi connectivity index (χ1v) is 19.1. The standard InChI is InChI=1S/C31H46N4O3SSi/c1-21-9-11-22(12-10-21)29(36)35(26-19-25(17-18-31(2,3)4)39-28(26)30(37)38-5)24-15-13-23(14-16-24)34-20-27(32-33-34)40(6,7)8/h19-24H,9-16H2,1-8H3. The highest BCUT2D eigenvalue weighted by atomic mass is 32.1. The molecule has 1 amide bonds. The van der Waals surface area contributed by atoms with Gasteiger partial charge in [0.05, 0.1) is 29.0 Å². The first-order valence-electron chi connectivity index (χ1n) is 14.8. The van der Waals surface area contributed by atoms with Gasteiger partial charge in [-0.3, -0.25) is 4.79 Å². The fourth-order valence-corrected chi connectivity index (χ4v) is 7.47. The Hall–Kier alpha value is -2.44. The number of esters is 1. The van der Waals surface area contributed by atoms with Crippen LogP contribution in [-0.2, 0) is 9.53 Å². The predicted octanol–water partition coefficient (Wildman–Crippen LogP) is 6.41. The number of hydrogen-bond acceptors (Lipinski definition) is 6. The lowest BCUT2D eigenvalue weighted by molar-refractivity contribution is -0.124. The zero-order chi connectivity index (χ0) is 29.2. The van der Waals surface area contributed by atoms with Gasteiger partial charge in [0.1, 0.15) is 13.0 Å². The molecule has 2 fully saturated rings. The number of methoxy groups -OCH3 is 1. The molecule has 0 aliphatic heterocycles. The number of amides is 1. The number of carbonyl (C=O) groups excluding carboxylic acids is 2. The Morgan fingerprint density at radius 1 is 1.07 bits per heavy atom. The third kappa shape index (κ3) is 7.24. The second-order valence-corrected chi connectivity index (χ2v) is 19.8. The minimum atomic E-state index is -1.53. The van der Waals surface area contributed by atoms with E-state index in [9.17, 15) is 9.59 Å². The van der Waals surface area contributed by atoms with E-state index in [0.717, 1.165) is 61.6 Å². The Balaban J connectivity index is 1.65. The van der Waals surface area contributed by atoms with Gasteiger partial charge < -0.3 is 9.64 Å². The van der Waals surface area contributed by atoms with Crippen LogP contribution in [0.5, 0.6) is 0 Å². The van der Waals surface area contributed by atoms with Crippen LogP contribution in [0.2, 0.25) is 19.6 Å². The molecule has 2 aliphatic rings. The van der Waals surface area contributed by atoms with Gasteiger partial charge in [0.2, 0.25) is 5.91 Å². The van der Waals surface area contributed by atoms with E-state index in [1.54, 1.807) is 0 Å². The Bertz CT molecular complexity index is 1260. The molecular formula is C31H46N4O3SSi. The fraction of sp³-hybridized carbons (Fsp3) is 0.677. The quantitative estimate of drug-likeness (QED) is 0.223.